The van der Waals surface area contributed by atoms with E-state index in [1.807, 2.05) is 19.2 Å². The Balaban J connectivity index is 3.43. The molecule has 0 amide bonds. The Kier molecular flexibility index (Phi) is 6.41. The van der Waals surface area contributed by atoms with E-state index in [2.05, 4.69) is 57.8 Å². The highest BCUT2D eigenvalue weighted by molar-refractivity contribution is 5.76. The molecular formula is C19H28N2. The minimum atomic E-state index is 0.540. The van der Waals surface area contributed by atoms with Crippen LogP contribution in [-0.4, -0.2) is 4.98 Å². The van der Waals surface area contributed by atoms with Gasteiger partial charge in [-0.25, -0.2) is 0 Å². The number of hydrogen-bond donors (Lipinski definition) is 1. The third kappa shape index (κ3) is 4.89. The second-order valence-electron chi connectivity index (χ2n) is 5.86. The number of aromatic nitrogens is 1. The van der Waals surface area contributed by atoms with E-state index in [4.69, 9.17) is 5.73 Å². The van der Waals surface area contributed by atoms with Crippen molar-refractivity contribution in [2.24, 2.45) is 11.7 Å². The zero-order chi connectivity index (χ0) is 16.0. The first-order valence-electron chi connectivity index (χ1n) is 7.63. The van der Waals surface area contributed by atoms with Crippen molar-refractivity contribution in [2.45, 2.75) is 48.0 Å². The average Bonchev–Trinajstić information content (AvgIpc) is 2.42. The van der Waals surface area contributed by atoms with Gasteiger partial charge in [0, 0.05) is 23.2 Å². The highest BCUT2D eigenvalue weighted by atomic mass is 14.7. The van der Waals surface area contributed by atoms with Gasteiger partial charge in [-0.2, -0.15) is 0 Å². The highest BCUT2D eigenvalue weighted by Gasteiger charge is 2.09. The Labute approximate surface area is 129 Å². The standard InChI is InChI=1S/C19H28N2/c1-7-17(9-8-15(5)20)18-10-11-21-16(6)19(18)12-14(4)13(2)3/h8-13H,7,20H2,1-6H3/b14-12+,15-8+,17-9+. The van der Waals surface area contributed by atoms with Crippen molar-refractivity contribution in [2.75, 3.05) is 0 Å². The molecule has 0 aliphatic heterocycles. The normalized spacial score (nSPS) is 14.0. The summed E-state index contributed by atoms with van der Waals surface area (Å²) < 4.78 is 0. The van der Waals surface area contributed by atoms with E-state index in [-0.39, 0.29) is 0 Å². The van der Waals surface area contributed by atoms with Crippen molar-refractivity contribution >= 4 is 11.6 Å². The highest BCUT2D eigenvalue weighted by Crippen LogP contribution is 2.27. The molecule has 0 aliphatic rings. The summed E-state index contributed by atoms with van der Waals surface area (Å²) in [6, 6.07) is 2.10. The SMILES string of the molecule is CC/C(=C\C=C(/C)N)c1ccnc(C)c1/C=C(\C)C(C)C. The molecule has 2 nitrogen and oxygen atoms in total. The second kappa shape index (κ2) is 7.82. The van der Waals surface area contributed by atoms with Gasteiger partial charge in [0.2, 0.25) is 0 Å². The quantitative estimate of drug-likeness (QED) is 0.763. The lowest BCUT2D eigenvalue weighted by molar-refractivity contribution is 0.775. The second-order valence-corrected chi connectivity index (χ2v) is 5.86. The molecule has 0 saturated heterocycles. The molecular weight excluding hydrogens is 256 g/mol. The van der Waals surface area contributed by atoms with Crippen molar-refractivity contribution in [3.63, 3.8) is 0 Å². The maximum atomic E-state index is 5.75. The lowest BCUT2D eigenvalue weighted by Crippen LogP contribution is -1.97. The summed E-state index contributed by atoms with van der Waals surface area (Å²) in [5, 5.41) is 0. The Hall–Kier alpha value is -1.83. The molecule has 2 N–H and O–H groups in total. The van der Waals surface area contributed by atoms with Crippen LogP contribution in [0.15, 0.2) is 35.7 Å². The molecule has 0 saturated carbocycles. The van der Waals surface area contributed by atoms with Crippen LogP contribution in [0.3, 0.4) is 0 Å². The van der Waals surface area contributed by atoms with E-state index >= 15 is 0 Å². The molecule has 1 aromatic rings. The van der Waals surface area contributed by atoms with Gasteiger partial charge in [-0.3, -0.25) is 4.98 Å². The molecule has 0 unspecified atom stereocenters. The van der Waals surface area contributed by atoms with Gasteiger partial charge >= 0.3 is 0 Å². The van der Waals surface area contributed by atoms with Crippen LogP contribution in [0.2, 0.25) is 0 Å². The Morgan fingerprint density at radius 2 is 1.95 bits per heavy atom. The summed E-state index contributed by atoms with van der Waals surface area (Å²) in [6.07, 6.45) is 9.21. The lowest BCUT2D eigenvalue weighted by Gasteiger charge is -2.13. The summed E-state index contributed by atoms with van der Waals surface area (Å²) in [5.74, 6) is 0.540. The van der Waals surface area contributed by atoms with Crippen LogP contribution in [0.1, 0.15) is 57.9 Å². The third-order valence-corrected chi connectivity index (χ3v) is 3.75. The molecule has 1 heterocycles. The molecule has 0 fully saturated rings. The molecule has 0 spiro atoms. The third-order valence-electron chi connectivity index (χ3n) is 3.75. The molecule has 0 atom stereocenters. The zero-order valence-corrected chi connectivity index (χ0v) is 14.2. The summed E-state index contributed by atoms with van der Waals surface area (Å²) in [5.41, 5.74) is 12.8. The molecule has 114 valence electrons. The van der Waals surface area contributed by atoms with Gasteiger partial charge < -0.3 is 5.73 Å². The van der Waals surface area contributed by atoms with Gasteiger partial charge in [-0.1, -0.05) is 38.5 Å². The first-order chi connectivity index (χ1) is 9.86. The first-order valence-corrected chi connectivity index (χ1v) is 7.63. The predicted octanol–water partition coefficient (Wildman–Crippen LogP) is 5.11. The Morgan fingerprint density at radius 3 is 2.48 bits per heavy atom. The number of aryl methyl sites for hydroxylation is 1. The van der Waals surface area contributed by atoms with E-state index in [0.717, 1.165) is 17.8 Å². The van der Waals surface area contributed by atoms with E-state index in [1.165, 1.54) is 22.3 Å². The van der Waals surface area contributed by atoms with E-state index in [0.29, 0.717) is 5.92 Å². The first kappa shape index (κ1) is 17.2. The van der Waals surface area contributed by atoms with Crippen molar-refractivity contribution in [1.29, 1.82) is 0 Å². The van der Waals surface area contributed by atoms with Crippen LogP contribution in [0.5, 0.6) is 0 Å². The largest absolute Gasteiger partial charge is 0.402 e. The number of rotatable bonds is 5. The molecule has 0 aromatic carbocycles. The monoisotopic (exact) mass is 284 g/mol. The smallest absolute Gasteiger partial charge is 0.0451 e. The summed E-state index contributed by atoms with van der Waals surface area (Å²) >= 11 is 0. The summed E-state index contributed by atoms with van der Waals surface area (Å²) in [7, 11) is 0. The van der Waals surface area contributed by atoms with Crippen LogP contribution < -0.4 is 5.73 Å². The minimum absolute atomic E-state index is 0.540. The molecule has 0 aliphatic carbocycles. The number of pyridine rings is 1. The lowest BCUT2D eigenvalue weighted by atomic mass is 9.93. The topological polar surface area (TPSA) is 38.9 Å². The van der Waals surface area contributed by atoms with Gasteiger partial charge in [0.1, 0.15) is 0 Å². The van der Waals surface area contributed by atoms with Gasteiger partial charge in [-0.05, 0) is 56.4 Å². The number of nitrogens with two attached hydrogens (primary N) is 1. The summed E-state index contributed by atoms with van der Waals surface area (Å²) in [6.45, 7) is 12.8. The van der Waals surface area contributed by atoms with E-state index < -0.39 is 0 Å². The summed E-state index contributed by atoms with van der Waals surface area (Å²) in [4.78, 5) is 4.45. The van der Waals surface area contributed by atoms with E-state index in [9.17, 15) is 0 Å². The van der Waals surface area contributed by atoms with Crippen LogP contribution in [0, 0.1) is 12.8 Å². The molecule has 0 radical (unpaired) electrons. The van der Waals surface area contributed by atoms with Crippen LogP contribution >= 0.6 is 0 Å². The van der Waals surface area contributed by atoms with Crippen molar-refractivity contribution in [3.8, 4) is 0 Å². The van der Waals surface area contributed by atoms with Crippen molar-refractivity contribution < 1.29 is 0 Å². The minimum Gasteiger partial charge on any atom is -0.402 e. The Morgan fingerprint density at radius 1 is 1.29 bits per heavy atom. The molecule has 21 heavy (non-hydrogen) atoms. The van der Waals surface area contributed by atoms with Crippen molar-refractivity contribution in [1.82, 2.24) is 4.98 Å². The van der Waals surface area contributed by atoms with Crippen LogP contribution in [0.25, 0.3) is 11.6 Å². The maximum absolute atomic E-state index is 5.75. The van der Waals surface area contributed by atoms with Crippen LogP contribution in [-0.2, 0) is 0 Å². The fraction of sp³-hybridized carbons (Fsp3) is 0.421. The number of nitrogens with zero attached hydrogens (tertiary/aromatic N) is 1. The molecule has 2 heteroatoms. The fourth-order valence-corrected chi connectivity index (χ4v) is 2.06. The van der Waals surface area contributed by atoms with Gasteiger partial charge in [-0.15, -0.1) is 0 Å². The molecule has 0 bridgehead atoms. The van der Waals surface area contributed by atoms with Gasteiger partial charge in [0.25, 0.3) is 0 Å². The Bertz CT molecular complexity index is 571. The van der Waals surface area contributed by atoms with Gasteiger partial charge in [0.05, 0.1) is 0 Å². The van der Waals surface area contributed by atoms with Gasteiger partial charge in [0.15, 0.2) is 0 Å². The van der Waals surface area contributed by atoms with E-state index in [1.54, 1.807) is 0 Å². The van der Waals surface area contributed by atoms with Crippen LogP contribution in [0.4, 0.5) is 0 Å². The fourth-order valence-electron chi connectivity index (χ4n) is 2.06. The average molecular weight is 284 g/mol. The number of allylic oxidation sites excluding steroid dienone is 5. The molecule has 1 aromatic heterocycles. The number of hydrogen-bond acceptors (Lipinski definition) is 2. The molecule has 1 rings (SSSR count). The zero-order valence-electron chi connectivity index (χ0n) is 14.2. The van der Waals surface area contributed by atoms with Crippen molar-refractivity contribution in [3.05, 3.63) is 52.5 Å². The maximum Gasteiger partial charge on any atom is 0.0451 e. The predicted molar refractivity (Wildman–Crippen MR) is 93.7 cm³/mol.